The van der Waals surface area contributed by atoms with Crippen LogP contribution in [0.2, 0.25) is 0 Å². The lowest BCUT2D eigenvalue weighted by Crippen LogP contribution is -2.26. The number of carbonyl (C=O) groups is 1. The van der Waals surface area contributed by atoms with E-state index in [4.69, 9.17) is 5.11 Å². The van der Waals surface area contributed by atoms with E-state index in [0.29, 0.717) is 24.5 Å². The lowest BCUT2D eigenvalue weighted by Gasteiger charge is -2.10. The molecule has 0 heterocycles. The molecule has 21 heavy (non-hydrogen) atoms. The number of carboxylic acid groups (broad SMARTS) is 1. The molecule has 1 rings (SSSR count). The van der Waals surface area contributed by atoms with Gasteiger partial charge in [0, 0.05) is 6.54 Å². The number of carboxylic acids is 1. The number of hydrogen-bond acceptors (Lipinski definition) is 3. The van der Waals surface area contributed by atoms with Crippen LogP contribution in [0.1, 0.15) is 37.0 Å². The van der Waals surface area contributed by atoms with Gasteiger partial charge < -0.3 is 5.11 Å². The third-order valence-corrected chi connectivity index (χ3v) is 4.24. The maximum Gasteiger partial charge on any atom is 0.335 e. The van der Waals surface area contributed by atoms with Crippen LogP contribution in [-0.2, 0) is 10.0 Å². The van der Waals surface area contributed by atoms with Gasteiger partial charge in [0.05, 0.1) is 5.56 Å². The van der Waals surface area contributed by atoms with E-state index >= 15 is 0 Å². The van der Waals surface area contributed by atoms with Gasteiger partial charge >= 0.3 is 5.97 Å². The fraction of sp³-hybridized carbons (Fsp3) is 0.462. The molecule has 0 aliphatic heterocycles. The van der Waals surface area contributed by atoms with Crippen LogP contribution >= 0.6 is 0 Å². The molecule has 118 valence electrons. The maximum absolute atomic E-state index is 13.6. The van der Waals surface area contributed by atoms with Crippen LogP contribution < -0.4 is 4.72 Å². The van der Waals surface area contributed by atoms with Gasteiger partial charge in [-0.15, -0.1) is 0 Å². The normalized spacial score (nSPS) is 11.9. The molecule has 0 aliphatic carbocycles. The van der Waals surface area contributed by atoms with Crippen molar-refractivity contribution in [2.45, 2.75) is 31.6 Å². The third-order valence-electron chi connectivity index (χ3n) is 2.78. The minimum Gasteiger partial charge on any atom is -0.478 e. The number of halogens is 2. The predicted octanol–water partition coefficient (Wildman–Crippen LogP) is 2.38. The Balaban J connectivity index is 2.99. The predicted molar refractivity (Wildman–Crippen MR) is 72.6 cm³/mol. The lowest BCUT2D eigenvalue weighted by atomic mass is 10.1. The highest BCUT2D eigenvalue weighted by Crippen LogP contribution is 2.20. The Hall–Kier alpha value is -1.54. The van der Waals surface area contributed by atoms with Crippen molar-refractivity contribution in [1.82, 2.24) is 4.72 Å². The van der Waals surface area contributed by atoms with E-state index in [1.807, 2.05) is 13.8 Å². The molecule has 2 N–H and O–H groups in total. The van der Waals surface area contributed by atoms with E-state index < -0.39 is 38.1 Å². The van der Waals surface area contributed by atoms with Crippen molar-refractivity contribution in [2.24, 2.45) is 5.92 Å². The Morgan fingerprint density at radius 1 is 1.33 bits per heavy atom. The quantitative estimate of drug-likeness (QED) is 0.755. The lowest BCUT2D eigenvalue weighted by molar-refractivity contribution is 0.0696. The second kappa shape index (κ2) is 6.95. The van der Waals surface area contributed by atoms with Crippen molar-refractivity contribution in [1.29, 1.82) is 0 Å². The first-order chi connectivity index (χ1) is 9.65. The number of aromatic carboxylic acids is 1. The molecule has 0 spiro atoms. The Bertz CT molecular complexity index is 629. The van der Waals surface area contributed by atoms with Gasteiger partial charge in [0.15, 0.2) is 11.6 Å². The van der Waals surface area contributed by atoms with E-state index in [1.54, 1.807) is 0 Å². The van der Waals surface area contributed by atoms with Crippen molar-refractivity contribution < 1.29 is 27.1 Å². The third kappa shape index (κ3) is 4.75. The first-order valence-corrected chi connectivity index (χ1v) is 7.85. The molecule has 0 unspecified atom stereocenters. The summed E-state index contributed by atoms with van der Waals surface area (Å²) in [6, 6.07) is 1.04. The van der Waals surface area contributed by atoms with E-state index in [0.717, 1.165) is 6.42 Å². The summed E-state index contributed by atoms with van der Waals surface area (Å²) in [6.45, 7) is 4.01. The highest BCUT2D eigenvalue weighted by molar-refractivity contribution is 7.89. The van der Waals surface area contributed by atoms with E-state index in [2.05, 4.69) is 4.72 Å². The summed E-state index contributed by atoms with van der Waals surface area (Å²) >= 11 is 0. The van der Waals surface area contributed by atoms with Gasteiger partial charge in [-0.2, -0.15) is 0 Å². The molecule has 5 nitrogen and oxygen atoms in total. The van der Waals surface area contributed by atoms with Gasteiger partial charge in [0.2, 0.25) is 10.0 Å². The minimum atomic E-state index is -4.30. The largest absolute Gasteiger partial charge is 0.478 e. The van der Waals surface area contributed by atoms with Gasteiger partial charge in [-0.1, -0.05) is 13.8 Å². The van der Waals surface area contributed by atoms with Crippen LogP contribution in [0.3, 0.4) is 0 Å². The molecule has 0 saturated heterocycles. The summed E-state index contributed by atoms with van der Waals surface area (Å²) in [5, 5.41) is 8.76. The van der Waals surface area contributed by atoms with Crippen LogP contribution in [0, 0.1) is 17.6 Å². The number of sulfonamides is 1. The molecular weight excluding hydrogens is 304 g/mol. The summed E-state index contributed by atoms with van der Waals surface area (Å²) in [5.41, 5.74) is -0.628. The topological polar surface area (TPSA) is 83.5 Å². The fourth-order valence-corrected chi connectivity index (χ4v) is 2.86. The van der Waals surface area contributed by atoms with Crippen molar-refractivity contribution >= 4 is 16.0 Å². The maximum atomic E-state index is 13.6. The summed E-state index contributed by atoms with van der Waals surface area (Å²) in [4.78, 5) is 9.78. The van der Waals surface area contributed by atoms with E-state index in [9.17, 15) is 22.0 Å². The van der Waals surface area contributed by atoms with Crippen LogP contribution in [0.4, 0.5) is 8.78 Å². The second-order valence-electron chi connectivity index (χ2n) is 5.01. The molecule has 0 aliphatic rings. The average Bonchev–Trinajstić information content (AvgIpc) is 2.37. The van der Waals surface area contributed by atoms with Gasteiger partial charge in [-0.05, 0) is 30.9 Å². The number of rotatable bonds is 7. The number of nitrogens with one attached hydrogen (secondary N) is 1. The van der Waals surface area contributed by atoms with Gasteiger partial charge in [0.1, 0.15) is 4.90 Å². The monoisotopic (exact) mass is 321 g/mol. The smallest absolute Gasteiger partial charge is 0.335 e. The molecular formula is C13H17F2NO4S. The van der Waals surface area contributed by atoms with Crippen molar-refractivity contribution in [3.05, 3.63) is 29.3 Å². The standard InChI is InChI=1S/C13H17F2NO4S/c1-8(2)4-3-5-16-21(19,20)11-7-9(13(17)18)6-10(14)12(11)15/h6-8,16H,3-5H2,1-2H3,(H,17,18). The van der Waals surface area contributed by atoms with E-state index in [-0.39, 0.29) is 6.54 Å². The highest BCUT2D eigenvalue weighted by atomic mass is 32.2. The van der Waals surface area contributed by atoms with Gasteiger partial charge in [-0.3, -0.25) is 0 Å². The van der Waals surface area contributed by atoms with Crippen LogP contribution in [0.25, 0.3) is 0 Å². The molecule has 0 amide bonds. The summed E-state index contributed by atoms with van der Waals surface area (Å²) in [7, 11) is -4.30. The Morgan fingerprint density at radius 3 is 2.48 bits per heavy atom. The van der Waals surface area contributed by atoms with Crippen LogP contribution in [0.15, 0.2) is 17.0 Å². The van der Waals surface area contributed by atoms with E-state index in [1.165, 1.54) is 0 Å². The molecule has 0 fully saturated rings. The van der Waals surface area contributed by atoms with Crippen LogP contribution in [-0.4, -0.2) is 26.0 Å². The first-order valence-electron chi connectivity index (χ1n) is 6.37. The molecule has 1 aromatic carbocycles. The summed E-state index contributed by atoms with van der Waals surface area (Å²) < 4.78 is 52.9. The number of benzene rings is 1. The minimum absolute atomic E-state index is 0.0683. The molecule has 0 aromatic heterocycles. The van der Waals surface area contributed by atoms with Crippen LogP contribution in [0.5, 0.6) is 0 Å². The Labute approximate surface area is 122 Å². The molecule has 0 atom stereocenters. The van der Waals surface area contributed by atoms with Crippen molar-refractivity contribution in [2.75, 3.05) is 6.54 Å². The Morgan fingerprint density at radius 2 is 1.95 bits per heavy atom. The van der Waals surface area contributed by atoms with Crippen molar-refractivity contribution in [3.63, 3.8) is 0 Å². The highest BCUT2D eigenvalue weighted by Gasteiger charge is 2.24. The summed E-state index contributed by atoms with van der Waals surface area (Å²) in [5.74, 6) is -4.25. The zero-order valence-corrected chi connectivity index (χ0v) is 12.5. The molecule has 8 heteroatoms. The first kappa shape index (κ1) is 17.5. The zero-order chi connectivity index (χ0) is 16.2. The fourth-order valence-electron chi connectivity index (χ4n) is 1.68. The SMILES string of the molecule is CC(C)CCCNS(=O)(=O)c1cc(C(=O)O)cc(F)c1F. The second-order valence-corrected chi connectivity index (χ2v) is 6.74. The van der Waals surface area contributed by atoms with Gasteiger partial charge in [-0.25, -0.2) is 26.7 Å². The number of hydrogen-bond donors (Lipinski definition) is 2. The zero-order valence-electron chi connectivity index (χ0n) is 11.7. The molecule has 0 bridgehead atoms. The summed E-state index contributed by atoms with van der Waals surface area (Å²) in [6.07, 6.45) is 1.31. The Kier molecular flexibility index (Phi) is 5.79. The van der Waals surface area contributed by atoms with Crippen molar-refractivity contribution in [3.8, 4) is 0 Å². The molecule has 0 saturated carbocycles. The van der Waals surface area contributed by atoms with Gasteiger partial charge in [0.25, 0.3) is 0 Å². The average molecular weight is 321 g/mol. The molecule has 1 aromatic rings. The molecule has 0 radical (unpaired) electrons.